The fourth-order valence-electron chi connectivity index (χ4n) is 0.426. The lowest BCUT2D eigenvalue weighted by molar-refractivity contribution is 0.276. The summed E-state index contributed by atoms with van der Waals surface area (Å²) in [5.41, 5.74) is 0.123. The van der Waals surface area contributed by atoms with E-state index in [-0.39, 0.29) is 5.69 Å². The van der Waals surface area contributed by atoms with Gasteiger partial charge >= 0.3 is 0 Å². The molecule has 0 radical (unpaired) electrons. The molecule has 1 rings (SSSR count). The van der Waals surface area contributed by atoms with E-state index in [1.807, 2.05) is 0 Å². The number of hydrogen-bond donors (Lipinski definition) is 1. The van der Waals surface area contributed by atoms with E-state index in [4.69, 9.17) is 12.0 Å². The maximum absolute atomic E-state index is 8.64. The number of aromatic nitrogens is 3. The first-order valence-corrected chi connectivity index (χ1v) is 2.31. The van der Waals surface area contributed by atoms with Crippen molar-refractivity contribution in [1.29, 1.82) is 0 Å². The fourth-order valence-corrected chi connectivity index (χ4v) is 0.426. The van der Waals surface area contributed by atoms with E-state index in [0.717, 1.165) is 6.20 Å². The summed E-state index contributed by atoms with van der Waals surface area (Å²) in [6.45, 7) is -5.85. The minimum Gasteiger partial charge on any atom is -0.390 e. The van der Waals surface area contributed by atoms with Crippen molar-refractivity contribution in [3.8, 4) is 0 Å². The summed E-state index contributed by atoms with van der Waals surface area (Å²) in [6.07, 6.45) is 1.06. The topological polar surface area (TPSA) is 50.9 Å². The monoisotopic (exact) mass is 132 g/mol. The van der Waals surface area contributed by atoms with Crippen molar-refractivity contribution in [2.45, 2.75) is 20.0 Å². The molecule has 0 aliphatic rings. The summed E-state index contributed by atoms with van der Waals surface area (Å²) < 4.78 is 36.0. The Morgan fingerprint density at radius 3 is 3.56 bits per heavy atom. The van der Waals surface area contributed by atoms with E-state index in [9.17, 15) is 0 Å². The van der Waals surface area contributed by atoms with Gasteiger partial charge in [-0.05, 0) is 6.85 Å². The normalized spacial score (nSPS) is 21.2. The third-order valence-corrected chi connectivity index (χ3v) is 0.817. The SMILES string of the molecule is [2H]C([2H])([2H])C([2H])([2H])n1cc(CO)nn1. The van der Waals surface area contributed by atoms with E-state index in [0.29, 0.717) is 4.68 Å². The van der Waals surface area contributed by atoms with Gasteiger partial charge in [0.1, 0.15) is 5.69 Å². The van der Waals surface area contributed by atoms with Crippen LogP contribution in [-0.2, 0) is 13.1 Å². The molecule has 0 aliphatic heterocycles. The molecule has 0 atom stereocenters. The molecule has 0 bridgehead atoms. The van der Waals surface area contributed by atoms with Crippen molar-refractivity contribution in [2.24, 2.45) is 0 Å². The van der Waals surface area contributed by atoms with Crippen LogP contribution in [0.25, 0.3) is 0 Å². The molecule has 0 saturated carbocycles. The Morgan fingerprint density at radius 2 is 3.00 bits per heavy atom. The highest BCUT2D eigenvalue weighted by atomic mass is 16.3. The predicted molar refractivity (Wildman–Crippen MR) is 31.6 cm³/mol. The van der Waals surface area contributed by atoms with Gasteiger partial charge in [0.2, 0.25) is 0 Å². The number of nitrogens with zero attached hydrogens (tertiary/aromatic N) is 3. The summed E-state index contributed by atoms with van der Waals surface area (Å²) >= 11 is 0. The molecule has 9 heavy (non-hydrogen) atoms. The van der Waals surface area contributed by atoms with Crippen molar-refractivity contribution in [1.82, 2.24) is 15.0 Å². The molecule has 0 fully saturated rings. The number of aliphatic hydroxyl groups excluding tert-OH is 1. The van der Waals surface area contributed by atoms with Gasteiger partial charge in [-0.15, -0.1) is 5.10 Å². The van der Waals surface area contributed by atoms with Gasteiger partial charge < -0.3 is 5.11 Å². The van der Waals surface area contributed by atoms with Crippen LogP contribution in [0.3, 0.4) is 0 Å². The van der Waals surface area contributed by atoms with Crippen LogP contribution < -0.4 is 0 Å². The second kappa shape index (κ2) is 2.59. The minimum absolute atomic E-state index is 0.123. The van der Waals surface area contributed by atoms with Crippen LogP contribution in [0.2, 0.25) is 0 Å². The summed E-state index contributed by atoms with van der Waals surface area (Å²) in [7, 11) is 0. The van der Waals surface area contributed by atoms with E-state index >= 15 is 0 Å². The number of hydrogen-bond acceptors (Lipinski definition) is 3. The Hall–Kier alpha value is -0.900. The minimum atomic E-state index is -2.83. The summed E-state index contributed by atoms with van der Waals surface area (Å²) in [6, 6.07) is 0. The summed E-state index contributed by atoms with van der Waals surface area (Å²) in [5, 5.41) is 15.3. The van der Waals surface area contributed by atoms with E-state index < -0.39 is 20.0 Å². The lowest BCUT2D eigenvalue weighted by Crippen LogP contribution is -1.93. The smallest absolute Gasteiger partial charge is 0.108 e. The van der Waals surface area contributed by atoms with Crippen LogP contribution >= 0.6 is 0 Å². The van der Waals surface area contributed by atoms with E-state index in [1.165, 1.54) is 0 Å². The van der Waals surface area contributed by atoms with Crippen LogP contribution in [-0.4, -0.2) is 20.1 Å². The third-order valence-electron chi connectivity index (χ3n) is 0.817. The van der Waals surface area contributed by atoms with Gasteiger partial charge in [0.15, 0.2) is 0 Å². The van der Waals surface area contributed by atoms with Gasteiger partial charge in [-0.3, -0.25) is 4.68 Å². The highest BCUT2D eigenvalue weighted by molar-refractivity contribution is 4.88. The maximum Gasteiger partial charge on any atom is 0.108 e. The molecule has 1 aromatic heterocycles. The van der Waals surface area contributed by atoms with Gasteiger partial charge in [-0.25, -0.2) is 0 Å². The highest BCUT2D eigenvalue weighted by Gasteiger charge is 1.93. The van der Waals surface area contributed by atoms with Gasteiger partial charge in [0.05, 0.1) is 15.5 Å². The van der Waals surface area contributed by atoms with E-state index in [1.54, 1.807) is 0 Å². The molecule has 0 spiro atoms. The Morgan fingerprint density at radius 1 is 2.11 bits per heavy atom. The summed E-state index contributed by atoms with van der Waals surface area (Å²) in [5.74, 6) is 0. The standard InChI is InChI=1S/C5H9N3O/c1-2-8-3-5(4-9)6-7-8/h3,9H,2,4H2,1H3/i1D3,2D2. The Balaban J connectivity index is 3.04. The second-order valence-corrected chi connectivity index (χ2v) is 1.42. The molecule has 50 valence electrons. The van der Waals surface area contributed by atoms with Gasteiger partial charge in [0.25, 0.3) is 0 Å². The lowest BCUT2D eigenvalue weighted by atomic mass is 10.5. The predicted octanol–water partition coefficient (Wildman–Crippen LogP) is -0.210. The van der Waals surface area contributed by atoms with Crippen molar-refractivity contribution >= 4 is 0 Å². The first-order chi connectivity index (χ1) is 6.29. The largest absolute Gasteiger partial charge is 0.390 e. The van der Waals surface area contributed by atoms with Crippen LogP contribution in [0.15, 0.2) is 6.20 Å². The molecular formula is C5H9N3O. The molecule has 0 aromatic carbocycles. The van der Waals surface area contributed by atoms with E-state index in [2.05, 4.69) is 10.3 Å². The Labute approximate surface area is 60.1 Å². The molecule has 1 N–H and O–H groups in total. The van der Waals surface area contributed by atoms with Crippen LogP contribution in [0.4, 0.5) is 0 Å². The summed E-state index contributed by atoms with van der Waals surface area (Å²) in [4.78, 5) is 0. The highest BCUT2D eigenvalue weighted by Crippen LogP contribution is 1.90. The number of aryl methyl sites for hydroxylation is 1. The molecule has 0 aliphatic carbocycles. The molecule has 4 nitrogen and oxygen atoms in total. The van der Waals surface area contributed by atoms with Crippen molar-refractivity contribution in [3.05, 3.63) is 11.9 Å². The Kier molecular flexibility index (Phi) is 0.685. The first-order valence-electron chi connectivity index (χ1n) is 4.81. The number of aliphatic hydroxyl groups is 1. The average Bonchev–Trinajstić information content (AvgIpc) is 2.49. The van der Waals surface area contributed by atoms with Crippen molar-refractivity contribution in [3.63, 3.8) is 0 Å². The molecule has 4 heteroatoms. The van der Waals surface area contributed by atoms with Crippen molar-refractivity contribution in [2.75, 3.05) is 0 Å². The fraction of sp³-hybridized carbons (Fsp3) is 0.600. The molecule has 1 heterocycles. The molecular weight excluding hydrogens is 118 g/mol. The van der Waals surface area contributed by atoms with Gasteiger partial charge in [0, 0.05) is 10.6 Å². The lowest BCUT2D eigenvalue weighted by Gasteiger charge is -1.86. The van der Waals surface area contributed by atoms with Crippen LogP contribution in [0.1, 0.15) is 19.4 Å². The van der Waals surface area contributed by atoms with Gasteiger partial charge in [-0.1, -0.05) is 5.21 Å². The van der Waals surface area contributed by atoms with Crippen LogP contribution in [0.5, 0.6) is 0 Å². The zero-order chi connectivity index (χ0) is 11.0. The van der Waals surface area contributed by atoms with Gasteiger partial charge in [-0.2, -0.15) is 0 Å². The molecule has 0 unspecified atom stereocenters. The molecule has 0 saturated heterocycles. The first kappa shape index (κ1) is 2.38. The quantitative estimate of drug-likeness (QED) is 0.605. The third kappa shape index (κ3) is 1.26. The van der Waals surface area contributed by atoms with Crippen molar-refractivity contribution < 1.29 is 12.0 Å². The zero-order valence-corrected chi connectivity index (χ0v) is 4.57. The Bertz CT molecular complexity index is 319. The second-order valence-electron chi connectivity index (χ2n) is 1.42. The molecule has 1 aromatic rings. The number of rotatable bonds is 2. The van der Waals surface area contributed by atoms with Crippen LogP contribution in [0, 0.1) is 0 Å². The average molecular weight is 132 g/mol. The zero-order valence-electron chi connectivity index (χ0n) is 9.57. The molecule has 0 amide bonds. The maximum atomic E-state index is 8.64.